The zero-order valence-corrected chi connectivity index (χ0v) is 7.07. The minimum absolute atomic E-state index is 0.375. The van der Waals surface area contributed by atoms with Crippen molar-refractivity contribution in [1.82, 2.24) is 0 Å². The van der Waals surface area contributed by atoms with Crippen LogP contribution in [0.25, 0.3) is 0 Å². The molecule has 3 heteroatoms. The second kappa shape index (κ2) is 7.72. The van der Waals surface area contributed by atoms with Crippen molar-refractivity contribution >= 4 is 0 Å². The lowest BCUT2D eigenvalue weighted by atomic mass is 10.4. The summed E-state index contributed by atoms with van der Waals surface area (Å²) in [5.41, 5.74) is 0. The van der Waals surface area contributed by atoms with E-state index in [-0.39, 0.29) is 6.29 Å². The van der Waals surface area contributed by atoms with Gasteiger partial charge in [-0.15, -0.1) is 0 Å². The van der Waals surface area contributed by atoms with Crippen LogP contribution in [0.2, 0.25) is 0 Å². The number of rotatable bonds is 8. The van der Waals surface area contributed by atoms with Gasteiger partial charge in [-0.1, -0.05) is 19.7 Å². The van der Waals surface area contributed by atoms with Gasteiger partial charge in [0.05, 0.1) is 31.8 Å². The Morgan fingerprint density at radius 1 is 1.00 bits per heavy atom. The fraction of sp³-hybridized carbons (Fsp3) is 0.333. The zero-order chi connectivity index (χ0) is 9.23. The molecule has 0 heterocycles. The molecular weight excluding hydrogens is 156 g/mol. The highest BCUT2D eigenvalue weighted by Crippen LogP contribution is 2.01. The third-order valence-corrected chi connectivity index (χ3v) is 1.09. The Morgan fingerprint density at radius 3 is 2.00 bits per heavy atom. The van der Waals surface area contributed by atoms with Gasteiger partial charge in [-0.2, -0.15) is 0 Å². The van der Waals surface area contributed by atoms with E-state index in [0.29, 0.717) is 13.0 Å². The van der Waals surface area contributed by atoms with Crippen molar-refractivity contribution in [3.05, 3.63) is 38.5 Å². The lowest BCUT2D eigenvalue weighted by Gasteiger charge is -2.14. The molecule has 0 amide bonds. The first-order chi connectivity index (χ1) is 5.85. The van der Waals surface area contributed by atoms with Gasteiger partial charge in [0.15, 0.2) is 0 Å². The third kappa shape index (κ3) is 5.41. The van der Waals surface area contributed by atoms with Gasteiger partial charge in [0.25, 0.3) is 0 Å². The molecule has 0 bridgehead atoms. The first-order valence-corrected chi connectivity index (χ1v) is 3.60. The molecule has 0 aliphatic heterocycles. The summed E-state index contributed by atoms with van der Waals surface area (Å²) in [5, 5.41) is 0. The maximum Gasteiger partial charge on any atom is 0.242 e. The molecule has 0 aliphatic carbocycles. The number of hydrogen-bond donors (Lipinski definition) is 0. The molecule has 0 atom stereocenters. The van der Waals surface area contributed by atoms with Crippen LogP contribution < -0.4 is 0 Å². The van der Waals surface area contributed by atoms with Gasteiger partial charge in [0.1, 0.15) is 0 Å². The maximum atomic E-state index is 4.99. The van der Waals surface area contributed by atoms with Crippen LogP contribution in [-0.4, -0.2) is 12.9 Å². The predicted molar refractivity (Wildman–Crippen MR) is 47.1 cm³/mol. The van der Waals surface area contributed by atoms with Gasteiger partial charge in [0.2, 0.25) is 6.29 Å². The molecule has 68 valence electrons. The lowest BCUT2D eigenvalue weighted by Crippen LogP contribution is -2.13. The van der Waals surface area contributed by atoms with Crippen LogP contribution in [0, 0.1) is 0 Å². The monoisotopic (exact) mass is 170 g/mol. The molecule has 0 saturated heterocycles. The van der Waals surface area contributed by atoms with Gasteiger partial charge in [-0.05, 0) is 0 Å². The molecule has 0 fully saturated rings. The van der Waals surface area contributed by atoms with Crippen molar-refractivity contribution in [2.24, 2.45) is 0 Å². The molecule has 0 aliphatic rings. The van der Waals surface area contributed by atoms with Crippen molar-refractivity contribution in [2.45, 2.75) is 12.7 Å². The highest BCUT2D eigenvalue weighted by atomic mass is 16.7. The summed E-state index contributed by atoms with van der Waals surface area (Å²) in [7, 11) is 0. The summed E-state index contributed by atoms with van der Waals surface area (Å²) in [6.07, 6.45) is 4.24. The fourth-order valence-corrected chi connectivity index (χ4v) is 0.630. The molecule has 3 nitrogen and oxygen atoms in total. The largest absolute Gasteiger partial charge is 0.502 e. The van der Waals surface area contributed by atoms with Gasteiger partial charge in [0, 0.05) is 0 Å². The molecule has 0 radical (unpaired) electrons. The van der Waals surface area contributed by atoms with Crippen molar-refractivity contribution < 1.29 is 14.2 Å². The lowest BCUT2D eigenvalue weighted by molar-refractivity contribution is -0.0732. The van der Waals surface area contributed by atoms with Crippen LogP contribution in [0.4, 0.5) is 0 Å². The molecular formula is C9H14O3. The average molecular weight is 170 g/mol. The molecule has 12 heavy (non-hydrogen) atoms. The van der Waals surface area contributed by atoms with Crippen molar-refractivity contribution in [3.63, 3.8) is 0 Å². The Bertz CT molecular complexity index is 133. The fourth-order valence-electron chi connectivity index (χ4n) is 0.630. The van der Waals surface area contributed by atoms with E-state index in [1.807, 2.05) is 0 Å². The van der Waals surface area contributed by atoms with Crippen molar-refractivity contribution in [3.8, 4) is 0 Å². The molecule has 0 N–H and O–H groups in total. The van der Waals surface area contributed by atoms with Crippen LogP contribution in [0.15, 0.2) is 38.5 Å². The Kier molecular flexibility index (Phi) is 6.84. The van der Waals surface area contributed by atoms with Gasteiger partial charge in [-0.3, -0.25) is 0 Å². The quantitative estimate of drug-likeness (QED) is 0.317. The molecule has 0 unspecified atom stereocenters. The standard InChI is InChI=1S/C9H14O3/c1-4-10-8-7-9(11-5-2)12-6-3/h4-6,9H,1-3,7-8H2. The molecule has 0 aromatic carbocycles. The van der Waals surface area contributed by atoms with E-state index in [1.165, 1.54) is 18.8 Å². The number of ether oxygens (including phenoxy) is 3. The van der Waals surface area contributed by atoms with Gasteiger partial charge >= 0.3 is 0 Å². The SMILES string of the molecule is C=COCCC(OC=C)OC=C. The minimum Gasteiger partial charge on any atom is -0.502 e. The second-order valence-corrected chi connectivity index (χ2v) is 1.86. The maximum absolute atomic E-state index is 4.99. The normalized spacial score (nSPS) is 8.75. The van der Waals surface area contributed by atoms with E-state index < -0.39 is 0 Å². The predicted octanol–water partition coefficient (Wildman–Crippen LogP) is 2.18. The Balaban J connectivity index is 3.53. The summed E-state index contributed by atoms with van der Waals surface area (Å²) in [6, 6.07) is 0. The van der Waals surface area contributed by atoms with Gasteiger partial charge in [-0.25, -0.2) is 0 Å². The molecule has 0 spiro atoms. The van der Waals surface area contributed by atoms with Crippen LogP contribution in [0.5, 0.6) is 0 Å². The van der Waals surface area contributed by atoms with E-state index in [9.17, 15) is 0 Å². The van der Waals surface area contributed by atoms with E-state index in [4.69, 9.17) is 14.2 Å². The van der Waals surface area contributed by atoms with Crippen LogP contribution in [-0.2, 0) is 14.2 Å². The highest BCUT2D eigenvalue weighted by molar-refractivity contribution is 4.59. The summed E-state index contributed by atoms with van der Waals surface area (Å²) in [6.45, 7) is 10.7. The van der Waals surface area contributed by atoms with E-state index >= 15 is 0 Å². The van der Waals surface area contributed by atoms with Crippen LogP contribution >= 0.6 is 0 Å². The Morgan fingerprint density at radius 2 is 1.58 bits per heavy atom. The van der Waals surface area contributed by atoms with Crippen LogP contribution in [0.3, 0.4) is 0 Å². The molecule has 0 saturated carbocycles. The molecule has 0 aromatic rings. The van der Waals surface area contributed by atoms with Crippen molar-refractivity contribution in [2.75, 3.05) is 6.61 Å². The van der Waals surface area contributed by atoms with E-state index in [2.05, 4.69) is 19.7 Å². The molecule has 0 rings (SSSR count). The number of hydrogen-bond acceptors (Lipinski definition) is 3. The summed E-state index contributed by atoms with van der Waals surface area (Å²) >= 11 is 0. The summed E-state index contributed by atoms with van der Waals surface area (Å²) < 4.78 is 14.9. The van der Waals surface area contributed by atoms with Crippen molar-refractivity contribution in [1.29, 1.82) is 0 Å². The second-order valence-electron chi connectivity index (χ2n) is 1.86. The average Bonchev–Trinajstić information content (AvgIpc) is 2.06. The van der Waals surface area contributed by atoms with Gasteiger partial charge < -0.3 is 14.2 Å². The summed E-state index contributed by atoms with van der Waals surface area (Å²) in [4.78, 5) is 0. The first-order valence-electron chi connectivity index (χ1n) is 3.60. The topological polar surface area (TPSA) is 27.7 Å². The van der Waals surface area contributed by atoms with E-state index in [0.717, 1.165) is 0 Å². The Labute approximate surface area is 72.9 Å². The summed E-state index contributed by atoms with van der Waals surface area (Å²) in [5.74, 6) is 0. The van der Waals surface area contributed by atoms with E-state index in [1.54, 1.807) is 0 Å². The molecule has 0 aromatic heterocycles. The third-order valence-electron chi connectivity index (χ3n) is 1.09. The first kappa shape index (κ1) is 10.6. The Hall–Kier alpha value is -1.38. The zero-order valence-electron chi connectivity index (χ0n) is 7.07. The van der Waals surface area contributed by atoms with Crippen LogP contribution in [0.1, 0.15) is 6.42 Å². The smallest absolute Gasteiger partial charge is 0.242 e. The highest BCUT2D eigenvalue weighted by Gasteiger charge is 2.05. The minimum atomic E-state index is -0.375.